The molecular formula is C23H30O3. The molecule has 140 valence electrons. The lowest BCUT2D eigenvalue weighted by molar-refractivity contribution is -0.132. The van der Waals surface area contributed by atoms with E-state index in [2.05, 4.69) is 55.1 Å². The number of carbonyl (C=O) groups excluding carboxylic acids is 2. The van der Waals surface area contributed by atoms with Crippen LogP contribution in [0, 0.1) is 5.92 Å². The van der Waals surface area contributed by atoms with Crippen LogP contribution in [0.1, 0.15) is 40.2 Å². The molecule has 0 aliphatic rings. The first kappa shape index (κ1) is 23.5. The van der Waals surface area contributed by atoms with Crippen LogP contribution in [0.4, 0.5) is 0 Å². The van der Waals surface area contributed by atoms with Gasteiger partial charge in [-0.1, -0.05) is 80.6 Å². The van der Waals surface area contributed by atoms with Gasteiger partial charge in [0.2, 0.25) is 0 Å². The van der Waals surface area contributed by atoms with E-state index in [1.807, 2.05) is 26.8 Å². The number of aliphatic hydroxyl groups is 1. The number of Topliss-reactive ketones (excluding diaryl/α,β-unsaturated/α-hetero) is 2. The minimum absolute atomic E-state index is 0.200. The van der Waals surface area contributed by atoms with E-state index in [1.165, 1.54) is 30.5 Å². The highest BCUT2D eigenvalue weighted by atomic mass is 16.3. The molecule has 1 atom stereocenters. The average Bonchev–Trinajstić information content (AvgIpc) is 2.69. The number of hydrogen-bond donors (Lipinski definition) is 1. The Balaban J connectivity index is 0.000000492. The Hall–Kier alpha value is -2.52. The summed E-state index contributed by atoms with van der Waals surface area (Å²) in [5.41, 5.74) is 4.82. The summed E-state index contributed by atoms with van der Waals surface area (Å²) < 4.78 is 0. The van der Waals surface area contributed by atoms with E-state index < -0.39 is 18.3 Å². The monoisotopic (exact) mass is 354 g/mol. The highest BCUT2D eigenvalue weighted by molar-refractivity contribution is 6.01. The van der Waals surface area contributed by atoms with Gasteiger partial charge in [-0.2, -0.15) is 0 Å². The van der Waals surface area contributed by atoms with Crippen molar-refractivity contribution in [1.82, 2.24) is 0 Å². The largest absolute Gasteiger partial charge is 0.389 e. The molecule has 2 rings (SSSR count). The maximum Gasteiger partial charge on any atom is 0.168 e. The Bertz CT molecular complexity index is 685. The summed E-state index contributed by atoms with van der Waals surface area (Å²) in [6.07, 6.45) is 0. The zero-order valence-electron chi connectivity index (χ0n) is 16.5. The summed E-state index contributed by atoms with van der Waals surface area (Å²) in [5.74, 6) is -1.26. The van der Waals surface area contributed by atoms with Crippen molar-refractivity contribution < 1.29 is 14.7 Å². The lowest BCUT2D eigenvalue weighted by Gasteiger charge is -2.03. The van der Waals surface area contributed by atoms with Gasteiger partial charge in [0.05, 0.1) is 5.92 Å². The maximum absolute atomic E-state index is 10.5. The fourth-order valence-electron chi connectivity index (χ4n) is 1.94. The normalized spacial score (nSPS) is 10.4. The fraction of sp³-hybridized carbons (Fsp3) is 0.304. The Morgan fingerprint density at radius 1 is 0.923 bits per heavy atom. The lowest BCUT2D eigenvalue weighted by atomic mass is 10.0. The van der Waals surface area contributed by atoms with Gasteiger partial charge in [0.25, 0.3) is 0 Å². The predicted molar refractivity (Wildman–Crippen MR) is 110 cm³/mol. The standard InChI is InChI=1S/C15H14.C6H10O3.C2H6/c1-12(2)13-8-10-15(11-9-13)14-6-4-3-5-7-14;1-4(5(2)8)6(9)3-7;1-2/h3-11H,1H2,2H3;4,7H,3H2,1-2H3;1-2H3. The van der Waals surface area contributed by atoms with Crippen LogP contribution in [0.5, 0.6) is 0 Å². The van der Waals surface area contributed by atoms with E-state index in [9.17, 15) is 9.59 Å². The molecule has 0 aromatic heterocycles. The third-order valence-corrected chi connectivity index (χ3v) is 3.73. The summed E-state index contributed by atoms with van der Waals surface area (Å²) >= 11 is 0. The predicted octanol–water partition coefficient (Wildman–Crippen LogP) is 5.19. The third-order valence-electron chi connectivity index (χ3n) is 3.73. The van der Waals surface area contributed by atoms with Crippen LogP contribution in [0.15, 0.2) is 61.2 Å². The van der Waals surface area contributed by atoms with Crippen molar-refractivity contribution in [2.45, 2.75) is 34.6 Å². The van der Waals surface area contributed by atoms with Crippen molar-refractivity contribution in [2.24, 2.45) is 5.92 Å². The van der Waals surface area contributed by atoms with Crippen molar-refractivity contribution >= 4 is 17.1 Å². The lowest BCUT2D eigenvalue weighted by Crippen LogP contribution is -2.21. The number of aliphatic hydroxyl groups excluding tert-OH is 1. The van der Waals surface area contributed by atoms with Crippen LogP contribution >= 0.6 is 0 Å². The summed E-state index contributed by atoms with van der Waals surface area (Å²) in [6.45, 7) is 12.2. The van der Waals surface area contributed by atoms with Crippen molar-refractivity contribution in [1.29, 1.82) is 0 Å². The quantitative estimate of drug-likeness (QED) is 0.752. The zero-order chi connectivity index (χ0) is 20.1. The summed E-state index contributed by atoms with van der Waals surface area (Å²) in [5, 5.41) is 8.25. The second kappa shape index (κ2) is 12.8. The van der Waals surface area contributed by atoms with Crippen molar-refractivity contribution in [3.63, 3.8) is 0 Å². The Morgan fingerprint density at radius 2 is 1.38 bits per heavy atom. The van der Waals surface area contributed by atoms with Gasteiger partial charge < -0.3 is 5.11 Å². The van der Waals surface area contributed by atoms with Gasteiger partial charge in [0.1, 0.15) is 12.4 Å². The van der Waals surface area contributed by atoms with E-state index in [1.54, 1.807) is 0 Å². The van der Waals surface area contributed by atoms with Gasteiger partial charge >= 0.3 is 0 Å². The highest BCUT2D eigenvalue weighted by Crippen LogP contribution is 2.21. The Morgan fingerprint density at radius 3 is 1.73 bits per heavy atom. The van der Waals surface area contributed by atoms with Crippen LogP contribution in [0.3, 0.4) is 0 Å². The minimum atomic E-state index is -0.644. The first-order valence-corrected chi connectivity index (χ1v) is 8.82. The second-order valence-electron chi connectivity index (χ2n) is 5.68. The molecule has 0 fully saturated rings. The van der Waals surface area contributed by atoms with Crippen LogP contribution < -0.4 is 0 Å². The van der Waals surface area contributed by atoms with Crippen molar-refractivity contribution in [3.05, 3.63) is 66.7 Å². The van der Waals surface area contributed by atoms with Gasteiger partial charge in [0, 0.05) is 0 Å². The summed E-state index contributed by atoms with van der Waals surface area (Å²) in [7, 11) is 0. The third kappa shape index (κ3) is 8.04. The van der Waals surface area contributed by atoms with E-state index in [4.69, 9.17) is 5.11 Å². The van der Waals surface area contributed by atoms with Gasteiger partial charge in [-0.15, -0.1) is 0 Å². The molecule has 1 N–H and O–H groups in total. The molecule has 0 spiro atoms. The van der Waals surface area contributed by atoms with Gasteiger partial charge in [0.15, 0.2) is 5.78 Å². The summed E-state index contributed by atoms with van der Waals surface area (Å²) in [4.78, 5) is 20.9. The summed E-state index contributed by atoms with van der Waals surface area (Å²) in [6, 6.07) is 18.9. The zero-order valence-corrected chi connectivity index (χ0v) is 16.5. The van der Waals surface area contributed by atoms with E-state index >= 15 is 0 Å². The molecule has 0 bridgehead atoms. The van der Waals surface area contributed by atoms with E-state index in [0.29, 0.717) is 0 Å². The van der Waals surface area contributed by atoms with Crippen LogP contribution in [0.2, 0.25) is 0 Å². The van der Waals surface area contributed by atoms with Gasteiger partial charge in [-0.3, -0.25) is 9.59 Å². The van der Waals surface area contributed by atoms with Crippen molar-refractivity contribution in [2.75, 3.05) is 6.61 Å². The molecule has 0 aliphatic carbocycles. The minimum Gasteiger partial charge on any atom is -0.389 e. The molecule has 0 aliphatic heterocycles. The first-order valence-electron chi connectivity index (χ1n) is 8.82. The molecule has 0 amide bonds. The molecule has 0 radical (unpaired) electrons. The molecule has 26 heavy (non-hydrogen) atoms. The average molecular weight is 354 g/mol. The second-order valence-corrected chi connectivity index (χ2v) is 5.68. The molecule has 0 heterocycles. The number of ketones is 2. The number of allylic oxidation sites excluding steroid dienone is 1. The van der Waals surface area contributed by atoms with Crippen LogP contribution in [0.25, 0.3) is 16.7 Å². The Kier molecular flexibility index (Phi) is 11.5. The number of benzene rings is 2. The first-order chi connectivity index (χ1) is 12.4. The van der Waals surface area contributed by atoms with Crippen molar-refractivity contribution in [3.8, 4) is 11.1 Å². The topological polar surface area (TPSA) is 54.4 Å². The number of hydrogen-bond acceptors (Lipinski definition) is 3. The smallest absolute Gasteiger partial charge is 0.168 e. The molecule has 0 saturated heterocycles. The molecule has 3 nitrogen and oxygen atoms in total. The SMILES string of the molecule is C=C(C)c1ccc(-c2ccccc2)cc1.CC.CC(=O)C(C)C(=O)CO. The molecule has 2 aromatic carbocycles. The van der Waals surface area contributed by atoms with Crippen LogP contribution in [-0.2, 0) is 9.59 Å². The molecule has 1 unspecified atom stereocenters. The fourth-order valence-corrected chi connectivity index (χ4v) is 1.94. The highest BCUT2D eigenvalue weighted by Gasteiger charge is 2.15. The van der Waals surface area contributed by atoms with Gasteiger partial charge in [-0.05, 0) is 37.5 Å². The number of rotatable bonds is 5. The van der Waals surface area contributed by atoms with E-state index in [-0.39, 0.29) is 5.78 Å². The van der Waals surface area contributed by atoms with Gasteiger partial charge in [-0.25, -0.2) is 0 Å². The Labute approximate surface area is 157 Å². The maximum atomic E-state index is 10.5. The molecule has 0 saturated carbocycles. The molecule has 2 aromatic rings. The molecular weight excluding hydrogens is 324 g/mol. The van der Waals surface area contributed by atoms with E-state index in [0.717, 1.165) is 5.57 Å². The number of carbonyl (C=O) groups is 2. The molecule has 3 heteroatoms. The van der Waals surface area contributed by atoms with Crippen LogP contribution in [-0.4, -0.2) is 23.3 Å².